The second-order valence-corrected chi connectivity index (χ2v) is 2.65. The number of carboxylic acids is 1. The number of rotatable bonds is 1. The maximum absolute atomic E-state index is 9.45. The van der Waals surface area contributed by atoms with Gasteiger partial charge in [-0.05, 0) is 6.92 Å². The van der Waals surface area contributed by atoms with Gasteiger partial charge in [0.05, 0.1) is 0 Å². The number of aliphatic hydroxyl groups excluding tert-OH is 1. The molecule has 0 aromatic heterocycles. The predicted octanol–water partition coefficient (Wildman–Crippen LogP) is -1.46. The second kappa shape index (κ2) is 5.03. The number of hydrogen-bond acceptors (Lipinski definition) is 5. The molecule has 0 fully saturated rings. The van der Waals surface area contributed by atoms with E-state index in [-0.39, 0.29) is 0 Å². The molecule has 11 heavy (non-hydrogen) atoms. The van der Waals surface area contributed by atoms with Crippen LogP contribution in [0.15, 0.2) is 0 Å². The van der Waals surface area contributed by atoms with Crippen LogP contribution >= 0.6 is 0 Å². The van der Waals surface area contributed by atoms with Crippen molar-refractivity contribution < 1.29 is 43.7 Å². The molecule has 8 heteroatoms. The van der Waals surface area contributed by atoms with Gasteiger partial charge in [-0.3, -0.25) is 0 Å². The molecule has 0 saturated carbocycles. The molecule has 1 unspecified atom stereocenters. The van der Waals surface area contributed by atoms with Crippen LogP contribution in [-0.2, 0) is 29.3 Å². The Kier molecular flexibility index (Phi) is 5.91. The van der Waals surface area contributed by atoms with Gasteiger partial charge in [0.2, 0.25) is 0 Å². The van der Waals surface area contributed by atoms with Crippen molar-refractivity contribution >= 4 is 5.97 Å². The van der Waals surface area contributed by atoms with Crippen molar-refractivity contribution in [1.82, 2.24) is 0 Å². The molecule has 0 spiro atoms. The van der Waals surface area contributed by atoms with Crippen LogP contribution in [0.5, 0.6) is 0 Å². The molecule has 0 heterocycles. The Morgan fingerprint density at radius 1 is 1.36 bits per heavy atom. The quantitative estimate of drug-likeness (QED) is 0.450. The Hall–Kier alpha value is -0.691. The molecule has 0 saturated heterocycles. The summed E-state index contributed by atoms with van der Waals surface area (Å²) in [5.41, 5.74) is 0. The van der Waals surface area contributed by atoms with E-state index in [1.54, 1.807) is 0 Å². The van der Waals surface area contributed by atoms with Crippen LogP contribution in [0.1, 0.15) is 6.92 Å². The Morgan fingerprint density at radius 3 is 1.45 bits per heavy atom. The minimum atomic E-state index is -5.38. The zero-order valence-corrected chi connectivity index (χ0v) is 6.61. The van der Waals surface area contributed by atoms with Crippen molar-refractivity contribution in [2.75, 3.05) is 0 Å². The van der Waals surface area contributed by atoms with Crippen LogP contribution in [0.4, 0.5) is 0 Å². The van der Waals surface area contributed by atoms with E-state index in [2.05, 4.69) is 0 Å². The molecular weight excluding hydrogens is 203 g/mol. The van der Waals surface area contributed by atoms with E-state index >= 15 is 0 Å². The van der Waals surface area contributed by atoms with Gasteiger partial charge in [0.15, 0.2) is 0 Å². The summed E-state index contributed by atoms with van der Waals surface area (Å²) >= 11 is -5.38. The third-order valence-corrected chi connectivity index (χ3v) is 0.357. The van der Waals surface area contributed by atoms with Crippen LogP contribution in [0, 0.1) is 0 Å². The van der Waals surface area contributed by atoms with Gasteiger partial charge in [0.1, 0.15) is 6.10 Å². The summed E-state index contributed by atoms with van der Waals surface area (Å²) in [7, 11) is 0. The minimum absolute atomic E-state index is 1.19. The van der Waals surface area contributed by atoms with Gasteiger partial charge in [-0.2, -0.15) is 0 Å². The third kappa shape index (κ3) is 45.4. The fraction of sp³-hybridized carbons (Fsp3) is 0.667. The Balaban J connectivity index is 0. The van der Waals surface area contributed by atoms with Gasteiger partial charge in [-0.25, -0.2) is 4.79 Å². The molecule has 0 aliphatic rings. The SMILES string of the molecule is CC(O)C(=O)O.[O]=[Mn](=[O])(=[O])[OH]. The second-order valence-electron chi connectivity index (χ2n) is 1.41. The summed E-state index contributed by atoms with van der Waals surface area (Å²) in [6.45, 7) is 1.20. The van der Waals surface area contributed by atoms with Gasteiger partial charge in [-0.1, -0.05) is 0 Å². The van der Waals surface area contributed by atoms with Gasteiger partial charge >= 0.3 is 34.6 Å². The fourth-order valence-electron chi connectivity index (χ4n) is 0. The van der Waals surface area contributed by atoms with Crippen LogP contribution < -0.4 is 0 Å². The summed E-state index contributed by atoms with van der Waals surface area (Å²) in [6.07, 6.45) is -1.23. The molecule has 0 rings (SSSR count). The summed E-state index contributed by atoms with van der Waals surface area (Å²) in [4.78, 5) is 9.45. The van der Waals surface area contributed by atoms with E-state index in [1.165, 1.54) is 6.92 Å². The van der Waals surface area contributed by atoms with E-state index in [9.17, 15) is 4.79 Å². The van der Waals surface area contributed by atoms with Crippen molar-refractivity contribution in [2.24, 2.45) is 0 Å². The van der Waals surface area contributed by atoms with Gasteiger partial charge in [-0.15, -0.1) is 0 Å². The topological polar surface area (TPSA) is 129 Å². The molecule has 0 aromatic rings. The summed E-state index contributed by atoms with van der Waals surface area (Å²) in [5, 5.41) is 15.8. The number of hydrogen-bond donors (Lipinski definition) is 3. The van der Waals surface area contributed by atoms with Crippen LogP contribution in [0.2, 0.25) is 0 Å². The average Bonchev–Trinajstić information content (AvgIpc) is 1.59. The number of carboxylic acid groups (broad SMARTS) is 1. The molecular formula is C3H7MnO7. The van der Waals surface area contributed by atoms with Gasteiger partial charge in [0, 0.05) is 0 Å². The zero-order chi connectivity index (χ0) is 9.65. The van der Waals surface area contributed by atoms with E-state index in [0.717, 1.165) is 0 Å². The van der Waals surface area contributed by atoms with E-state index in [4.69, 9.17) is 25.9 Å². The first kappa shape index (κ1) is 12.9. The number of aliphatic hydroxyl groups is 1. The fourth-order valence-corrected chi connectivity index (χ4v) is 0. The molecule has 7 nitrogen and oxygen atoms in total. The molecule has 0 radical (unpaired) electrons. The number of carbonyl (C=O) groups is 1. The molecule has 0 amide bonds. The molecule has 1 atom stereocenters. The van der Waals surface area contributed by atoms with E-state index < -0.39 is 25.0 Å². The summed E-state index contributed by atoms with van der Waals surface area (Å²) in [5.74, 6) is -1.19. The monoisotopic (exact) mass is 210 g/mol. The summed E-state index contributed by atoms with van der Waals surface area (Å²) < 4.78 is 33.1. The van der Waals surface area contributed by atoms with Crippen molar-refractivity contribution in [3.63, 3.8) is 0 Å². The van der Waals surface area contributed by atoms with Gasteiger partial charge in [0.25, 0.3) is 0 Å². The van der Waals surface area contributed by atoms with Crippen LogP contribution in [0.3, 0.4) is 0 Å². The first-order chi connectivity index (χ1) is 4.64. The average molecular weight is 210 g/mol. The maximum atomic E-state index is 9.45. The molecule has 68 valence electrons. The standard InChI is InChI=1S/C3H6O3.Mn.H2O.3O/c1-2(4)3(5)6;;;;;/h2,4H,1H3,(H,5,6);;1H2;;;/q;+1;;;;/p-1. The predicted molar refractivity (Wildman–Crippen MR) is 23.6 cm³/mol. The third-order valence-electron chi connectivity index (χ3n) is 0.357. The van der Waals surface area contributed by atoms with Crippen LogP contribution in [0.25, 0.3) is 0 Å². The first-order valence-electron chi connectivity index (χ1n) is 2.18. The van der Waals surface area contributed by atoms with Crippen LogP contribution in [-0.4, -0.2) is 26.5 Å². The van der Waals surface area contributed by atoms with Crippen molar-refractivity contribution in [1.29, 1.82) is 0 Å². The molecule has 0 aliphatic carbocycles. The van der Waals surface area contributed by atoms with E-state index in [1.807, 2.05) is 0 Å². The zero-order valence-electron chi connectivity index (χ0n) is 5.43. The number of aliphatic carboxylic acids is 1. The van der Waals surface area contributed by atoms with Crippen molar-refractivity contribution in [2.45, 2.75) is 13.0 Å². The Bertz CT molecular complexity index is 239. The Labute approximate surface area is 63.4 Å². The molecule has 0 bridgehead atoms. The van der Waals surface area contributed by atoms with Crippen molar-refractivity contribution in [3.05, 3.63) is 0 Å². The molecule has 0 aliphatic heterocycles. The van der Waals surface area contributed by atoms with Crippen molar-refractivity contribution in [3.8, 4) is 0 Å². The molecule has 3 N–H and O–H groups in total. The Morgan fingerprint density at radius 2 is 1.45 bits per heavy atom. The molecule has 0 aromatic carbocycles. The first-order valence-corrected chi connectivity index (χ1v) is 4.16. The normalized spacial score (nSPS) is 12.6. The van der Waals surface area contributed by atoms with E-state index in [0.29, 0.717) is 0 Å². The van der Waals surface area contributed by atoms with Gasteiger partial charge < -0.3 is 10.2 Å². The summed E-state index contributed by atoms with van der Waals surface area (Å²) in [6, 6.07) is 0.